The van der Waals surface area contributed by atoms with Gasteiger partial charge in [0, 0.05) is 21.5 Å². The maximum absolute atomic E-state index is 13.4. The molecular formula is C23H29Br2N3O4S. The molecule has 0 radical (unpaired) electrons. The van der Waals surface area contributed by atoms with Crippen LogP contribution in [0.5, 0.6) is 0 Å². The fraction of sp³-hybridized carbons (Fsp3) is 0.391. The molecule has 0 bridgehead atoms. The molecule has 0 aliphatic carbocycles. The van der Waals surface area contributed by atoms with E-state index in [1.807, 2.05) is 45.0 Å². The fourth-order valence-corrected chi connectivity index (χ4v) is 4.52. The van der Waals surface area contributed by atoms with Crippen LogP contribution >= 0.6 is 31.9 Å². The van der Waals surface area contributed by atoms with Crippen molar-refractivity contribution < 1.29 is 18.0 Å². The van der Waals surface area contributed by atoms with Gasteiger partial charge in [-0.15, -0.1) is 0 Å². The Hall–Kier alpha value is -1.91. The molecule has 2 rings (SSSR count). The lowest BCUT2D eigenvalue weighted by molar-refractivity contribution is -0.139. The Morgan fingerprint density at radius 2 is 1.64 bits per heavy atom. The predicted molar refractivity (Wildman–Crippen MR) is 139 cm³/mol. The predicted octanol–water partition coefficient (Wildman–Crippen LogP) is 4.23. The molecule has 0 aliphatic rings. The van der Waals surface area contributed by atoms with E-state index in [-0.39, 0.29) is 18.5 Å². The molecular weight excluding hydrogens is 574 g/mol. The number of hydrogen-bond donors (Lipinski definition) is 1. The Balaban J connectivity index is 2.40. The number of nitrogens with one attached hydrogen (secondary N) is 1. The zero-order chi connectivity index (χ0) is 24.9. The maximum Gasteiger partial charge on any atom is 0.244 e. The van der Waals surface area contributed by atoms with E-state index in [1.54, 1.807) is 25.1 Å². The minimum Gasteiger partial charge on any atom is -0.352 e. The van der Waals surface area contributed by atoms with Gasteiger partial charge in [-0.3, -0.25) is 13.9 Å². The lowest BCUT2D eigenvalue weighted by Gasteiger charge is -2.32. The van der Waals surface area contributed by atoms with Gasteiger partial charge < -0.3 is 10.2 Å². The number of hydrogen-bond acceptors (Lipinski definition) is 4. The van der Waals surface area contributed by atoms with Gasteiger partial charge in [-0.25, -0.2) is 8.42 Å². The summed E-state index contributed by atoms with van der Waals surface area (Å²) in [6.07, 6.45) is 1.06. The van der Waals surface area contributed by atoms with Crippen molar-refractivity contribution in [2.75, 3.05) is 17.1 Å². The van der Waals surface area contributed by atoms with Gasteiger partial charge in [0.25, 0.3) is 0 Å². The van der Waals surface area contributed by atoms with Gasteiger partial charge in [0.1, 0.15) is 12.6 Å². The molecule has 2 aromatic rings. The summed E-state index contributed by atoms with van der Waals surface area (Å²) in [6.45, 7) is 6.90. The van der Waals surface area contributed by atoms with Crippen molar-refractivity contribution in [2.45, 2.75) is 46.3 Å². The number of carbonyl (C=O) groups excluding carboxylic acids is 2. The largest absolute Gasteiger partial charge is 0.352 e. The summed E-state index contributed by atoms with van der Waals surface area (Å²) in [7, 11) is -3.76. The summed E-state index contributed by atoms with van der Waals surface area (Å²) >= 11 is 6.80. The number of sulfonamides is 1. The Bertz CT molecular complexity index is 1110. The molecule has 10 heteroatoms. The number of rotatable bonds is 9. The van der Waals surface area contributed by atoms with Crippen LogP contribution in [-0.4, -0.2) is 50.0 Å². The standard InChI is InChI=1S/C23H29Br2N3O4S/c1-15(2)26-23(30)17(4)27(13-18-6-8-19(24)9-7-18)22(29)14-28(33(5,31)32)20-10-11-21(25)16(3)12-20/h6-12,15,17H,13-14H2,1-5H3,(H,26,30). The summed E-state index contributed by atoms with van der Waals surface area (Å²) in [5.41, 5.74) is 2.04. The Kier molecular flexibility index (Phi) is 9.51. The molecule has 1 unspecified atom stereocenters. The third-order valence-corrected chi connectivity index (χ3v) is 7.53. The molecule has 1 N–H and O–H groups in total. The maximum atomic E-state index is 13.4. The molecule has 0 aromatic heterocycles. The van der Waals surface area contributed by atoms with Crippen molar-refractivity contribution in [1.29, 1.82) is 0 Å². The Labute approximate surface area is 212 Å². The number of anilines is 1. The van der Waals surface area contributed by atoms with Crippen LogP contribution in [0.4, 0.5) is 5.69 Å². The molecule has 33 heavy (non-hydrogen) atoms. The molecule has 0 aliphatic heterocycles. The Morgan fingerprint density at radius 1 is 1.03 bits per heavy atom. The molecule has 2 aromatic carbocycles. The van der Waals surface area contributed by atoms with E-state index >= 15 is 0 Å². The highest BCUT2D eigenvalue weighted by Crippen LogP contribution is 2.25. The van der Waals surface area contributed by atoms with Crippen LogP contribution < -0.4 is 9.62 Å². The second-order valence-corrected chi connectivity index (χ2v) is 11.9. The highest BCUT2D eigenvalue weighted by atomic mass is 79.9. The third-order valence-electron chi connectivity index (χ3n) is 4.97. The number of amides is 2. The fourth-order valence-electron chi connectivity index (χ4n) is 3.17. The number of aryl methyl sites for hydroxylation is 1. The van der Waals surface area contributed by atoms with Crippen LogP contribution in [0.25, 0.3) is 0 Å². The van der Waals surface area contributed by atoms with Crippen LogP contribution in [0.15, 0.2) is 51.4 Å². The molecule has 0 spiro atoms. The van der Waals surface area contributed by atoms with Crippen LogP contribution in [-0.2, 0) is 26.2 Å². The molecule has 0 heterocycles. The summed E-state index contributed by atoms with van der Waals surface area (Å²) < 4.78 is 28.0. The van der Waals surface area contributed by atoms with Crippen molar-refractivity contribution in [3.05, 3.63) is 62.5 Å². The molecule has 0 saturated heterocycles. The first-order valence-corrected chi connectivity index (χ1v) is 13.8. The third kappa shape index (κ3) is 7.82. The molecule has 1 atom stereocenters. The quantitative estimate of drug-likeness (QED) is 0.465. The highest BCUT2D eigenvalue weighted by Gasteiger charge is 2.30. The van der Waals surface area contributed by atoms with Gasteiger partial charge in [0.2, 0.25) is 21.8 Å². The van der Waals surface area contributed by atoms with Gasteiger partial charge in [-0.1, -0.05) is 44.0 Å². The summed E-state index contributed by atoms with van der Waals surface area (Å²) in [6, 6.07) is 11.6. The summed E-state index contributed by atoms with van der Waals surface area (Å²) in [5, 5.41) is 2.82. The molecule has 0 fully saturated rings. The van der Waals surface area contributed by atoms with Gasteiger partial charge in [-0.05, 0) is 69.2 Å². The monoisotopic (exact) mass is 601 g/mol. The molecule has 0 saturated carbocycles. The first-order valence-electron chi connectivity index (χ1n) is 10.4. The zero-order valence-corrected chi connectivity index (χ0v) is 23.3. The van der Waals surface area contributed by atoms with E-state index in [0.717, 1.165) is 30.6 Å². The molecule has 7 nitrogen and oxygen atoms in total. The average molecular weight is 603 g/mol. The van der Waals surface area contributed by atoms with Crippen molar-refractivity contribution >= 4 is 59.4 Å². The molecule has 180 valence electrons. The summed E-state index contributed by atoms with van der Waals surface area (Å²) in [4.78, 5) is 27.6. The molecule has 2 amide bonds. The lowest BCUT2D eigenvalue weighted by atomic mass is 10.1. The van der Waals surface area contributed by atoms with E-state index in [4.69, 9.17) is 0 Å². The van der Waals surface area contributed by atoms with Crippen molar-refractivity contribution in [1.82, 2.24) is 10.2 Å². The minimum atomic E-state index is -3.76. The number of halogens is 2. The van der Waals surface area contributed by atoms with Crippen LogP contribution in [0.2, 0.25) is 0 Å². The van der Waals surface area contributed by atoms with E-state index in [2.05, 4.69) is 37.2 Å². The van der Waals surface area contributed by atoms with E-state index < -0.39 is 28.5 Å². The van der Waals surface area contributed by atoms with Crippen LogP contribution in [0, 0.1) is 6.92 Å². The number of benzene rings is 2. The van der Waals surface area contributed by atoms with Gasteiger partial charge >= 0.3 is 0 Å². The van der Waals surface area contributed by atoms with Crippen LogP contribution in [0.3, 0.4) is 0 Å². The van der Waals surface area contributed by atoms with Gasteiger partial charge in [0.15, 0.2) is 0 Å². The topological polar surface area (TPSA) is 86.8 Å². The Morgan fingerprint density at radius 3 is 2.15 bits per heavy atom. The van der Waals surface area contributed by atoms with Gasteiger partial charge in [0.05, 0.1) is 11.9 Å². The van der Waals surface area contributed by atoms with E-state index in [1.165, 1.54) is 4.90 Å². The number of nitrogens with zero attached hydrogens (tertiary/aromatic N) is 2. The normalized spacial score (nSPS) is 12.4. The SMILES string of the molecule is Cc1cc(N(CC(=O)N(Cc2ccc(Br)cc2)C(C)C(=O)NC(C)C)S(C)(=O)=O)ccc1Br. The summed E-state index contributed by atoms with van der Waals surface area (Å²) in [5.74, 6) is -0.781. The first kappa shape index (κ1) is 27.3. The smallest absolute Gasteiger partial charge is 0.244 e. The highest BCUT2D eigenvalue weighted by molar-refractivity contribution is 9.10. The van der Waals surface area contributed by atoms with E-state index in [9.17, 15) is 18.0 Å². The second-order valence-electron chi connectivity index (χ2n) is 8.19. The average Bonchev–Trinajstić information content (AvgIpc) is 2.71. The van der Waals surface area contributed by atoms with Crippen molar-refractivity contribution in [3.63, 3.8) is 0 Å². The first-order chi connectivity index (χ1) is 15.3. The van der Waals surface area contributed by atoms with Crippen molar-refractivity contribution in [3.8, 4) is 0 Å². The van der Waals surface area contributed by atoms with Crippen molar-refractivity contribution in [2.24, 2.45) is 0 Å². The minimum absolute atomic E-state index is 0.0946. The van der Waals surface area contributed by atoms with Gasteiger partial charge in [-0.2, -0.15) is 0 Å². The van der Waals surface area contributed by atoms with E-state index in [0.29, 0.717) is 5.69 Å². The zero-order valence-electron chi connectivity index (χ0n) is 19.3. The lowest BCUT2D eigenvalue weighted by Crippen LogP contribution is -2.52. The number of carbonyl (C=O) groups is 2. The second kappa shape index (κ2) is 11.5. The van der Waals surface area contributed by atoms with Crippen LogP contribution in [0.1, 0.15) is 31.9 Å².